The van der Waals surface area contributed by atoms with Crippen molar-refractivity contribution in [3.8, 4) is 46.8 Å². The topological polar surface area (TPSA) is 197 Å². The number of carbonyl (C=O) groups is 1. The Morgan fingerprint density at radius 2 is 1.23 bits per heavy atom. The van der Waals surface area contributed by atoms with Crippen molar-refractivity contribution in [2.75, 3.05) is 13.1 Å². The third kappa shape index (κ3) is 14.1. The first-order valence-corrected chi connectivity index (χ1v) is 22.3. The molecule has 334 valence electrons. The van der Waals surface area contributed by atoms with E-state index in [4.69, 9.17) is 52.2 Å². The summed E-state index contributed by atoms with van der Waals surface area (Å²) in [6.07, 6.45) is 8.86. The summed E-state index contributed by atoms with van der Waals surface area (Å²) in [7, 11) is 0. The number of carboxylic acid groups (broad SMARTS) is 1. The minimum absolute atomic E-state index is 0.0570. The van der Waals surface area contributed by atoms with Crippen LogP contribution in [-0.4, -0.2) is 44.1 Å². The molecule has 4 heterocycles. The highest BCUT2D eigenvalue weighted by Crippen LogP contribution is 2.38. The number of halogens is 3. The van der Waals surface area contributed by atoms with Crippen molar-refractivity contribution in [2.24, 2.45) is 0 Å². The molecular formula is C48H45BrCl2N8O6. The van der Waals surface area contributed by atoms with Gasteiger partial charge in [-0.15, -0.1) is 0 Å². The first-order chi connectivity index (χ1) is 31.6. The maximum atomic E-state index is 11.0. The van der Waals surface area contributed by atoms with Crippen LogP contribution in [0.1, 0.15) is 77.1 Å². The lowest BCUT2D eigenvalue weighted by Gasteiger charge is -2.17. The van der Waals surface area contributed by atoms with Crippen LogP contribution in [0.3, 0.4) is 0 Å². The third-order valence-corrected chi connectivity index (χ3v) is 11.2. The average Bonchev–Trinajstić information content (AvgIpc) is 3.32. The van der Waals surface area contributed by atoms with E-state index in [9.17, 15) is 15.3 Å². The van der Waals surface area contributed by atoms with Gasteiger partial charge in [-0.3, -0.25) is 14.8 Å². The zero-order valence-corrected chi connectivity index (χ0v) is 38.5. The summed E-state index contributed by atoms with van der Waals surface area (Å²) in [5.74, 6) is 0.440. The second-order valence-electron chi connectivity index (χ2n) is 14.7. The highest BCUT2D eigenvalue weighted by molar-refractivity contribution is 9.10. The molecule has 0 radical (unpaired) electrons. The zero-order chi connectivity index (χ0) is 46.0. The minimum atomic E-state index is -0.855. The third-order valence-electron chi connectivity index (χ3n) is 9.77. The number of carboxylic acids is 1. The van der Waals surface area contributed by atoms with Gasteiger partial charge >= 0.3 is 5.97 Å². The standard InChI is InChI=1S/C48H45BrCl2N8O6/c1-2-3-14-54-26-38-18-41(49)48(59-47(38)64-28-34-17-32(20-53)22-57-24-34)65-30-37-8-5-10-40(45(37)51)39-9-4-7-36(44(39)50)29-62-42-13-12-35(25-55-15-6-11-43(60)61)46(58-42)63-27-33-16-31(19-52)21-56-23-33/h4-5,7-10,12-13,16-18,21-24,54-55H,2-3,6,11,14-15,25-30H2,1H3,(H,60,61). The van der Waals surface area contributed by atoms with E-state index in [1.54, 1.807) is 30.6 Å². The Balaban J connectivity index is 1.16. The summed E-state index contributed by atoms with van der Waals surface area (Å²) in [5.41, 5.74) is 6.61. The van der Waals surface area contributed by atoms with E-state index in [1.807, 2.05) is 48.5 Å². The molecular weight excluding hydrogens is 935 g/mol. The van der Waals surface area contributed by atoms with E-state index in [2.05, 4.69) is 60.6 Å². The van der Waals surface area contributed by atoms with Crippen LogP contribution in [-0.2, 0) is 44.3 Å². The molecule has 0 saturated carbocycles. The highest BCUT2D eigenvalue weighted by atomic mass is 79.9. The van der Waals surface area contributed by atoms with Crippen molar-refractivity contribution < 1.29 is 28.8 Å². The number of hydrogen-bond donors (Lipinski definition) is 3. The van der Waals surface area contributed by atoms with Gasteiger partial charge in [0.05, 0.1) is 25.6 Å². The molecule has 4 aromatic heterocycles. The van der Waals surface area contributed by atoms with Gasteiger partial charge < -0.3 is 34.7 Å². The second kappa shape index (κ2) is 24.7. The van der Waals surface area contributed by atoms with Gasteiger partial charge in [0.15, 0.2) is 0 Å². The molecule has 0 fully saturated rings. The Morgan fingerprint density at radius 3 is 1.82 bits per heavy atom. The molecule has 65 heavy (non-hydrogen) atoms. The number of aromatic nitrogens is 4. The fourth-order valence-electron chi connectivity index (χ4n) is 6.41. The number of nitrogens with one attached hydrogen (secondary N) is 2. The Kier molecular flexibility index (Phi) is 18.3. The molecule has 6 aromatic rings. The van der Waals surface area contributed by atoms with Crippen molar-refractivity contribution >= 4 is 45.1 Å². The van der Waals surface area contributed by atoms with E-state index >= 15 is 0 Å². The molecule has 0 aliphatic carbocycles. The molecule has 6 rings (SSSR count). The number of nitriles is 2. The number of rotatable bonds is 24. The van der Waals surface area contributed by atoms with Gasteiger partial charge in [0.1, 0.15) is 38.6 Å². The first-order valence-electron chi connectivity index (χ1n) is 20.7. The van der Waals surface area contributed by atoms with Crippen molar-refractivity contribution in [2.45, 2.75) is 72.1 Å². The lowest BCUT2D eigenvalue weighted by atomic mass is 10.0. The molecule has 3 N–H and O–H groups in total. The van der Waals surface area contributed by atoms with E-state index in [0.29, 0.717) is 97.2 Å². The summed E-state index contributed by atoms with van der Waals surface area (Å²) < 4.78 is 25.4. The highest BCUT2D eigenvalue weighted by Gasteiger charge is 2.18. The predicted molar refractivity (Wildman–Crippen MR) is 248 cm³/mol. The summed E-state index contributed by atoms with van der Waals surface area (Å²) in [4.78, 5) is 28.6. The summed E-state index contributed by atoms with van der Waals surface area (Å²) in [5, 5.41) is 35.2. The van der Waals surface area contributed by atoms with Crippen molar-refractivity contribution in [1.29, 1.82) is 10.5 Å². The Labute approximate surface area is 395 Å². The van der Waals surface area contributed by atoms with Crippen LogP contribution in [0.4, 0.5) is 0 Å². The summed E-state index contributed by atoms with van der Waals surface area (Å²) in [6, 6.07) is 24.3. The molecule has 0 spiro atoms. The van der Waals surface area contributed by atoms with Crippen molar-refractivity contribution in [3.63, 3.8) is 0 Å². The number of pyridine rings is 4. The van der Waals surface area contributed by atoms with Gasteiger partial charge in [0.25, 0.3) is 0 Å². The normalized spacial score (nSPS) is 10.8. The number of aliphatic carboxylic acids is 1. The van der Waals surface area contributed by atoms with Gasteiger partial charge in [-0.2, -0.15) is 20.5 Å². The van der Waals surface area contributed by atoms with Gasteiger partial charge in [-0.25, -0.2) is 0 Å². The van der Waals surface area contributed by atoms with Crippen LogP contribution >= 0.6 is 39.1 Å². The largest absolute Gasteiger partial charge is 0.481 e. The first kappa shape index (κ1) is 48.1. The Morgan fingerprint density at radius 1 is 0.677 bits per heavy atom. The van der Waals surface area contributed by atoms with Crippen molar-refractivity contribution in [3.05, 3.63) is 151 Å². The smallest absolute Gasteiger partial charge is 0.303 e. The molecule has 0 aliphatic rings. The summed E-state index contributed by atoms with van der Waals surface area (Å²) in [6.45, 7) is 4.81. The Bertz CT molecular complexity index is 2680. The van der Waals surface area contributed by atoms with Gasteiger partial charge in [0.2, 0.25) is 23.5 Å². The van der Waals surface area contributed by atoms with Crippen LogP contribution in [0.25, 0.3) is 11.1 Å². The minimum Gasteiger partial charge on any atom is -0.481 e. The van der Waals surface area contributed by atoms with Crippen LogP contribution in [0.2, 0.25) is 10.0 Å². The van der Waals surface area contributed by atoms with Crippen LogP contribution in [0.15, 0.2) is 96.0 Å². The van der Waals surface area contributed by atoms with Crippen LogP contribution < -0.4 is 29.6 Å². The fourth-order valence-corrected chi connectivity index (χ4v) is 7.45. The molecule has 0 atom stereocenters. The molecule has 0 unspecified atom stereocenters. The van der Waals surface area contributed by atoms with E-state index in [-0.39, 0.29) is 38.7 Å². The maximum absolute atomic E-state index is 11.0. The fraction of sp³-hybridized carbons (Fsp3) is 0.271. The number of unbranched alkanes of at least 4 members (excludes halogenated alkanes) is 1. The molecule has 0 amide bonds. The van der Waals surface area contributed by atoms with Crippen molar-refractivity contribution in [1.82, 2.24) is 30.6 Å². The average molecular weight is 981 g/mol. The molecule has 14 nitrogen and oxygen atoms in total. The maximum Gasteiger partial charge on any atom is 0.303 e. The van der Waals surface area contributed by atoms with Gasteiger partial charge in [0, 0.05) is 94.9 Å². The molecule has 2 aromatic carbocycles. The quantitative estimate of drug-likeness (QED) is 0.0485. The van der Waals surface area contributed by atoms with Gasteiger partial charge in [-0.05, 0) is 66.1 Å². The molecule has 0 saturated heterocycles. The lowest BCUT2D eigenvalue weighted by Crippen LogP contribution is -2.17. The van der Waals surface area contributed by atoms with E-state index in [1.165, 1.54) is 12.4 Å². The molecule has 0 aliphatic heterocycles. The van der Waals surface area contributed by atoms with Crippen LogP contribution in [0, 0.1) is 22.7 Å². The van der Waals surface area contributed by atoms with Gasteiger partial charge in [-0.1, -0.05) is 72.9 Å². The molecule has 17 heteroatoms. The zero-order valence-electron chi connectivity index (χ0n) is 35.5. The van der Waals surface area contributed by atoms with Crippen LogP contribution in [0.5, 0.6) is 23.5 Å². The predicted octanol–water partition coefficient (Wildman–Crippen LogP) is 9.91. The Hall–Kier alpha value is -6.33. The summed E-state index contributed by atoms with van der Waals surface area (Å²) >= 11 is 17.8. The monoisotopic (exact) mass is 978 g/mol. The SMILES string of the molecule is CCCCNCc1cc(Br)c(OCc2cccc(-c3cccc(COc4ccc(CNCCCC(=O)O)c(OCc5cncc(C#N)c5)n4)c3Cl)c2Cl)nc1OCc1cncc(C#N)c1. The second-order valence-corrected chi connectivity index (χ2v) is 16.3. The number of ether oxygens (including phenoxy) is 4. The number of hydrogen-bond acceptors (Lipinski definition) is 13. The van der Waals surface area contributed by atoms with E-state index in [0.717, 1.165) is 36.1 Å². The van der Waals surface area contributed by atoms with E-state index < -0.39 is 5.97 Å². The lowest BCUT2D eigenvalue weighted by molar-refractivity contribution is -0.137. The number of nitrogens with zero attached hydrogens (tertiary/aromatic N) is 6. The molecule has 0 bridgehead atoms. The number of benzene rings is 2.